The summed E-state index contributed by atoms with van der Waals surface area (Å²) in [6.45, 7) is 0. The van der Waals surface area contributed by atoms with Gasteiger partial charge in [0.2, 0.25) is 5.82 Å². The van der Waals surface area contributed by atoms with Gasteiger partial charge >= 0.3 is 5.69 Å². The van der Waals surface area contributed by atoms with E-state index < -0.39 is 11.0 Å². The van der Waals surface area contributed by atoms with E-state index in [2.05, 4.69) is 15.3 Å². The first-order valence-electron chi connectivity index (χ1n) is 7.57. The number of nitrogens with zero attached hydrogens (tertiary/aromatic N) is 4. The molecule has 0 fully saturated rings. The van der Waals surface area contributed by atoms with Gasteiger partial charge < -0.3 is 14.6 Å². The van der Waals surface area contributed by atoms with Crippen molar-refractivity contribution in [2.75, 3.05) is 12.4 Å². The van der Waals surface area contributed by atoms with E-state index in [0.717, 1.165) is 5.56 Å². The van der Waals surface area contributed by atoms with Crippen LogP contribution >= 0.6 is 0 Å². The minimum absolute atomic E-state index is 0.0930. The van der Waals surface area contributed by atoms with Crippen molar-refractivity contribution in [3.05, 3.63) is 76.5 Å². The highest BCUT2D eigenvalue weighted by Gasteiger charge is 2.23. The Labute approximate surface area is 144 Å². The second kappa shape index (κ2) is 7.00. The van der Waals surface area contributed by atoms with Crippen LogP contribution in [0.1, 0.15) is 17.4 Å². The minimum Gasteiger partial charge on any atom is -0.497 e. The van der Waals surface area contributed by atoms with E-state index in [1.165, 1.54) is 18.3 Å². The number of aryl methyl sites for hydroxylation is 1. The number of benzene rings is 1. The third kappa shape index (κ3) is 3.42. The fraction of sp³-hybridized carbons (Fsp3) is 0.176. The zero-order valence-electron chi connectivity index (χ0n) is 13.8. The molecule has 0 radical (unpaired) electrons. The molecule has 3 aromatic rings. The summed E-state index contributed by atoms with van der Waals surface area (Å²) in [5, 5.41) is 14.4. The number of anilines is 1. The number of hydrogen-bond acceptors (Lipinski definition) is 6. The van der Waals surface area contributed by atoms with Crippen molar-refractivity contribution >= 4 is 11.5 Å². The van der Waals surface area contributed by atoms with Crippen LogP contribution in [0.4, 0.5) is 11.5 Å². The Morgan fingerprint density at radius 2 is 2.08 bits per heavy atom. The summed E-state index contributed by atoms with van der Waals surface area (Å²) in [6.07, 6.45) is 5.00. The number of methoxy groups -OCH3 is 1. The van der Waals surface area contributed by atoms with Crippen LogP contribution in [0.25, 0.3) is 0 Å². The molecule has 0 amide bonds. The van der Waals surface area contributed by atoms with Gasteiger partial charge in [0.25, 0.3) is 0 Å². The van der Waals surface area contributed by atoms with Crippen LogP contribution in [0.2, 0.25) is 0 Å². The summed E-state index contributed by atoms with van der Waals surface area (Å²) in [6, 6.07) is 9.98. The van der Waals surface area contributed by atoms with Crippen LogP contribution in [0.15, 0.2) is 55.0 Å². The van der Waals surface area contributed by atoms with Crippen molar-refractivity contribution in [3.8, 4) is 5.75 Å². The Morgan fingerprint density at radius 1 is 1.24 bits per heavy atom. The summed E-state index contributed by atoms with van der Waals surface area (Å²) < 4.78 is 7.14. The van der Waals surface area contributed by atoms with Crippen molar-refractivity contribution in [1.82, 2.24) is 14.5 Å². The van der Waals surface area contributed by atoms with Crippen LogP contribution in [-0.2, 0) is 7.05 Å². The highest BCUT2D eigenvalue weighted by atomic mass is 16.6. The Hall–Kier alpha value is -3.42. The first-order chi connectivity index (χ1) is 12.1. The van der Waals surface area contributed by atoms with E-state index in [1.54, 1.807) is 13.3 Å². The number of ether oxygens (including phenoxy) is 1. The van der Waals surface area contributed by atoms with Crippen LogP contribution in [0.5, 0.6) is 5.75 Å². The quantitative estimate of drug-likeness (QED) is 0.548. The van der Waals surface area contributed by atoms with E-state index >= 15 is 0 Å². The van der Waals surface area contributed by atoms with Gasteiger partial charge in [0.1, 0.15) is 17.6 Å². The lowest BCUT2D eigenvalue weighted by Crippen LogP contribution is -2.18. The van der Waals surface area contributed by atoms with Gasteiger partial charge in [-0.25, -0.2) is 9.97 Å². The maximum absolute atomic E-state index is 11.3. The summed E-state index contributed by atoms with van der Waals surface area (Å²) in [5.41, 5.74) is 0.762. The highest BCUT2D eigenvalue weighted by molar-refractivity contribution is 5.57. The predicted octanol–water partition coefficient (Wildman–Crippen LogP) is 2.93. The first-order valence-corrected chi connectivity index (χ1v) is 7.57. The molecule has 0 bridgehead atoms. The lowest BCUT2D eigenvalue weighted by Gasteiger charge is -2.20. The Bertz CT molecular complexity index is 893. The van der Waals surface area contributed by atoms with Gasteiger partial charge in [-0.1, -0.05) is 12.1 Å². The fourth-order valence-electron chi connectivity index (χ4n) is 2.57. The van der Waals surface area contributed by atoms with Gasteiger partial charge in [-0.05, 0) is 23.8 Å². The molecule has 0 aliphatic rings. The van der Waals surface area contributed by atoms with Crippen molar-refractivity contribution < 1.29 is 9.66 Å². The molecular formula is C17H17N5O3. The molecule has 0 saturated heterocycles. The molecule has 0 spiro atoms. The molecule has 1 unspecified atom stereocenters. The summed E-state index contributed by atoms with van der Waals surface area (Å²) in [5.74, 6) is 1.57. The van der Waals surface area contributed by atoms with Gasteiger partial charge in [-0.2, -0.15) is 0 Å². The average molecular weight is 339 g/mol. The number of aromatic nitrogens is 3. The molecule has 8 heteroatoms. The number of hydrogen-bond donors (Lipinski definition) is 1. The Balaban J connectivity index is 2.07. The normalized spacial score (nSPS) is 11.8. The molecule has 1 atom stereocenters. The molecule has 1 N–H and O–H groups in total. The largest absolute Gasteiger partial charge is 0.497 e. The topological polar surface area (TPSA) is 95.1 Å². The fourth-order valence-corrected chi connectivity index (χ4v) is 2.57. The molecule has 8 nitrogen and oxygen atoms in total. The third-order valence-electron chi connectivity index (χ3n) is 3.81. The predicted molar refractivity (Wildman–Crippen MR) is 92.6 cm³/mol. The maximum atomic E-state index is 11.3. The van der Waals surface area contributed by atoms with Crippen molar-refractivity contribution in [1.29, 1.82) is 0 Å². The molecule has 0 saturated carbocycles. The van der Waals surface area contributed by atoms with E-state index in [-0.39, 0.29) is 11.5 Å². The average Bonchev–Trinajstić information content (AvgIpc) is 3.05. The standard InChI is InChI=1S/C17H17N5O3/c1-21-10-9-19-17(21)15(12-5-3-6-13(11-12)25-2)20-16-14(22(23)24)7-4-8-18-16/h3-11,15H,1-2H3,(H,18,20). The van der Waals surface area contributed by atoms with Crippen LogP contribution < -0.4 is 10.1 Å². The van der Waals surface area contributed by atoms with Gasteiger partial charge in [0.15, 0.2) is 0 Å². The molecule has 1 aromatic carbocycles. The molecule has 3 rings (SSSR count). The monoisotopic (exact) mass is 339 g/mol. The molecule has 25 heavy (non-hydrogen) atoms. The lowest BCUT2D eigenvalue weighted by molar-refractivity contribution is -0.384. The first kappa shape index (κ1) is 16.4. The van der Waals surface area contributed by atoms with E-state index in [1.807, 2.05) is 42.1 Å². The summed E-state index contributed by atoms with van der Waals surface area (Å²) >= 11 is 0. The second-order valence-corrected chi connectivity index (χ2v) is 5.38. The molecule has 0 aliphatic heterocycles. The van der Waals surface area contributed by atoms with Crippen LogP contribution in [0.3, 0.4) is 0 Å². The van der Waals surface area contributed by atoms with Gasteiger partial charge in [0.05, 0.1) is 12.0 Å². The van der Waals surface area contributed by atoms with E-state index in [4.69, 9.17) is 4.74 Å². The zero-order valence-corrected chi connectivity index (χ0v) is 13.8. The van der Waals surface area contributed by atoms with Crippen LogP contribution in [-0.4, -0.2) is 26.6 Å². The summed E-state index contributed by atoms with van der Waals surface area (Å²) in [4.78, 5) is 19.3. The summed E-state index contributed by atoms with van der Waals surface area (Å²) in [7, 11) is 3.45. The minimum atomic E-state index is -0.462. The Kier molecular flexibility index (Phi) is 4.60. The molecule has 0 aliphatic carbocycles. The number of nitro groups is 1. The number of pyridine rings is 1. The van der Waals surface area contributed by atoms with Gasteiger partial charge in [0, 0.05) is 31.7 Å². The van der Waals surface area contributed by atoms with Gasteiger partial charge in [-0.15, -0.1) is 0 Å². The molecule has 2 heterocycles. The van der Waals surface area contributed by atoms with E-state index in [0.29, 0.717) is 11.6 Å². The van der Waals surface area contributed by atoms with Crippen molar-refractivity contribution in [2.45, 2.75) is 6.04 Å². The number of imidazole rings is 1. The van der Waals surface area contributed by atoms with E-state index in [9.17, 15) is 10.1 Å². The van der Waals surface area contributed by atoms with Crippen LogP contribution in [0, 0.1) is 10.1 Å². The second-order valence-electron chi connectivity index (χ2n) is 5.38. The Morgan fingerprint density at radius 3 is 2.76 bits per heavy atom. The third-order valence-corrected chi connectivity index (χ3v) is 3.81. The smallest absolute Gasteiger partial charge is 0.311 e. The maximum Gasteiger partial charge on any atom is 0.311 e. The molecule has 128 valence electrons. The SMILES string of the molecule is COc1cccc(C(Nc2ncccc2[N+](=O)[O-])c2nccn2C)c1. The number of rotatable bonds is 6. The highest BCUT2D eigenvalue weighted by Crippen LogP contribution is 2.30. The molecular weight excluding hydrogens is 322 g/mol. The number of nitrogens with one attached hydrogen (secondary N) is 1. The van der Waals surface area contributed by atoms with Crippen molar-refractivity contribution in [2.24, 2.45) is 7.05 Å². The van der Waals surface area contributed by atoms with Gasteiger partial charge in [-0.3, -0.25) is 10.1 Å². The van der Waals surface area contributed by atoms with Crippen molar-refractivity contribution in [3.63, 3.8) is 0 Å². The molecule has 2 aromatic heterocycles. The lowest BCUT2D eigenvalue weighted by atomic mass is 10.1. The zero-order chi connectivity index (χ0) is 17.8.